The Balaban J connectivity index is 0.00000420. The second-order valence-corrected chi connectivity index (χ2v) is 7.08. The second-order valence-electron chi connectivity index (χ2n) is 7.08. The summed E-state index contributed by atoms with van der Waals surface area (Å²) in [6, 6.07) is 6.39. The van der Waals surface area contributed by atoms with Crippen LogP contribution in [0.5, 0.6) is 11.5 Å². The van der Waals surface area contributed by atoms with Crippen molar-refractivity contribution in [3.8, 4) is 11.5 Å². The lowest BCUT2D eigenvalue weighted by Gasteiger charge is -2.23. The van der Waals surface area contributed by atoms with Crippen LogP contribution in [0.15, 0.2) is 23.2 Å². The molecule has 8 heteroatoms. The Kier molecular flexibility index (Phi) is 12.1. The van der Waals surface area contributed by atoms with E-state index in [-0.39, 0.29) is 24.0 Å². The van der Waals surface area contributed by atoms with E-state index in [2.05, 4.69) is 51.4 Å². The molecule has 0 aromatic heterocycles. The molecular weight excluding hydrogens is 481 g/mol. The number of anilines is 1. The van der Waals surface area contributed by atoms with Gasteiger partial charge in [-0.2, -0.15) is 0 Å². The van der Waals surface area contributed by atoms with Crippen molar-refractivity contribution in [1.82, 2.24) is 15.5 Å². The zero-order valence-electron chi connectivity index (χ0n) is 18.5. The SMILES string of the molecule is CCCN(CC)CCNC(=NC)NC1CCN(c2cc(OC)cc(OC)c2)C1.I. The maximum atomic E-state index is 5.40. The molecule has 1 fully saturated rings. The summed E-state index contributed by atoms with van der Waals surface area (Å²) in [5.41, 5.74) is 1.13. The number of likely N-dealkylation sites (N-methyl/N-ethyl adjacent to an activating group) is 1. The summed E-state index contributed by atoms with van der Waals surface area (Å²) in [7, 11) is 5.20. The summed E-state index contributed by atoms with van der Waals surface area (Å²) in [6.07, 6.45) is 2.25. The van der Waals surface area contributed by atoms with Gasteiger partial charge in [0, 0.05) is 63.2 Å². The number of rotatable bonds is 10. The average Bonchev–Trinajstić information content (AvgIpc) is 3.20. The van der Waals surface area contributed by atoms with Gasteiger partial charge >= 0.3 is 0 Å². The highest BCUT2D eigenvalue weighted by Crippen LogP contribution is 2.30. The normalized spacial score (nSPS) is 16.6. The van der Waals surface area contributed by atoms with Gasteiger partial charge in [0.1, 0.15) is 11.5 Å². The molecule has 2 N–H and O–H groups in total. The summed E-state index contributed by atoms with van der Waals surface area (Å²) >= 11 is 0. The van der Waals surface area contributed by atoms with E-state index in [4.69, 9.17) is 9.47 Å². The van der Waals surface area contributed by atoms with Crippen molar-refractivity contribution in [2.45, 2.75) is 32.7 Å². The highest BCUT2D eigenvalue weighted by atomic mass is 127. The number of methoxy groups -OCH3 is 2. The smallest absolute Gasteiger partial charge is 0.191 e. The van der Waals surface area contributed by atoms with Crippen molar-refractivity contribution in [3.05, 3.63) is 18.2 Å². The van der Waals surface area contributed by atoms with E-state index in [0.29, 0.717) is 6.04 Å². The molecule has 1 atom stereocenters. The molecule has 1 aromatic carbocycles. The molecule has 29 heavy (non-hydrogen) atoms. The quantitative estimate of drug-likeness (QED) is 0.282. The summed E-state index contributed by atoms with van der Waals surface area (Å²) in [6.45, 7) is 10.5. The predicted octanol–water partition coefficient (Wildman–Crippen LogP) is 2.80. The molecule has 2 rings (SSSR count). The van der Waals surface area contributed by atoms with Crippen LogP contribution in [-0.4, -0.2) is 77.4 Å². The van der Waals surface area contributed by atoms with E-state index in [1.54, 1.807) is 14.2 Å². The van der Waals surface area contributed by atoms with Crippen LogP contribution in [0.2, 0.25) is 0 Å². The van der Waals surface area contributed by atoms with Gasteiger partial charge < -0.3 is 29.9 Å². The molecule has 0 radical (unpaired) electrons. The molecule has 7 nitrogen and oxygen atoms in total. The van der Waals surface area contributed by atoms with Gasteiger partial charge in [0.15, 0.2) is 5.96 Å². The Morgan fingerprint density at radius 3 is 2.41 bits per heavy atom. The number of benzene rings is 1. The maximum absolute atomic E-state index is 5.40. The number of hydrogen-bond donors (Lipinski definition) is 2. The molecule has 0 spiro atoms. The molecule has 1 saturated heterocycles. The maximum Gasteiger partial charge on any atom is 0.191 e. The zero-order chi connectivity index (χ0) is 20.4. The summed E-state index contributed by atoms with van der Waals surface area (Å²) in [4.78, 5) is 9.20. The first-order valence-electron chi connectivity index (χ1n) is 10.3. The molecule has 0 saturated carbocycles. The van der Waals surface area contributed by atoms with Crippen LogP contribution in [-0.2, 0) is 0 Å². The van der Waals surface area contributed by atoms with E-state index in [0.717, 1.165) is 68.8 Å². The van der Waals surface area contributed by atoms with Crippen molar-refractivity contribution in [2.24, 2.45) is 4.99 Å². The third-order valence-corrected chi connectivity index (χ3v) is 5.16. The van der Waals surface area contributed by atoms with Crippen LogP contribution in [0.3, 0.4) is 0 Å². The Morgan fingerprint density at radius 1 is 1.17 bits per heavy atom. The number of ether oxygens (including phenoxy) is 2. The van der Waals surface area contributed by atoms with Crippen LogP contribution in [0.25, 0.3) is 0 Å². The molecule has 166 valence electrons. The van der Waals surface area contributed by atoms with Gasteiger partial charge in [-0.3, -0.25) is 4.99 Å². The first-order valence-corrected chi connectivity index (χ1v) is 10.3. The number of aliphatic imine (C=N–C) groups is 1. The third kappa shape index (κ3) is 8.08. The predicted molar refractivity (Wildman–Crippen MR) is 132 cm³/mol. The van der Waals surface area contributed by atoms with Crippen LogP contribution in [0.1, 0.15) is 26.7 Å². The Hall–Kier alpha value is -1.42. The highest BCUT2D eigenvalue weighted by molar-refractivity contribution is 14.0. The molecule has 0 aliphatic carbocycles. The van der Waals surface area contributed by atoms with Crippen molar-refractivity contribution >= 4 is 35.6 Å². The van der Waals surface area contributed by atoms with Gasteiger partial charge in [0.05, 0.1) is 14.2 Å². The van der Waals surface area contributed by atoms with Crippen molar-refractivity contribution in [1.29, 1.82) is 0 Å². The van der Waals surface area contributed by atoms with E-state index in [1.807, 2.05) is 13.1 Å². The Morgan fingerprint density at radius 2 is 1.86 bits per heavy atom. The van der Waals surface area contributed by atoms with Gasteiger partial charge in [-0.15, -0.1) is 24.0 Å². The molecule has 1 heterocycles. The molecule has 1 aliphatic heterocycles. The zero-order valence-corrected chi connectivity index (χ0v) is 20.9. The van der Waals surface area contributed by atoms with Crippen LogP contribution >= 0.6 is 24.0 Å². The molecule has 0 bridgehead atoms. The summed E-state index contributed by atoms with van der Waals surface area (Å²) in [5, 5.41) is 7.01. The minimum atomic E-state index is 0. The van der Waals surface area contributed by atoms with Gasteiger partial charge in [-0.05, 0) is 25.9 Å². The Labute approximate surface area is 193 Å². The molecule has 1 aliphatic rings. The molecular formula is C21H38IN5O2. The topological polar surface area (TPSA) is 61.4 Å². The van der Waals surface area contributed by atoms with Crippen LogP contribution < -0.4 is 25.0 Å². The minimum absolute atomic E-state index is 0. The number of guanidine groups is 1. The van der Waals surface area contributed by atoms with Gasteiger partial charge in [-0.25, -0.2) is 0 Å². The van der Waals surface area contributed by atoms with E-state index in [9.17, 15) is 0 Å². The fraction of sp³-hybridized carbons (Fsp3) is 0.667. The molecule has 1 aromatic rings. The fourth-order valence-electron chi connectivity index (χ4n) is 3.55. The lowest BCUT2D eigenvalue weighted by Crippen LogP contribution is -2.46. The van der Waals surface area contributed by atoms with Crippen LogP contribution in [0, 0.1) is 0 Å². The average molecular weight is 519 g/mol. The minimum Gasteiger partial charge on any atom is -0.497 e. The third-order valence-electron chi connectivity index (χ3n) is 5.16. The van der Waals surface area contributed by atoms with Crippen molar-refractivity contribution < 1.29 is 9.47 Å². The van der Waals surface area contributed by atoms with E-state index < -0.39 is 0 Å². The fourth-order valence-corrected chi connectivity index (χ4v) is 3.55. The van der Waals surface area contributed by atoms with Crippen LogP contribution in [0.4, 0.5) is 5.69 Å². The van der Waals surface area contributed by atoms with Gasteiger partial charge in [0.25, 0.3) is 0 Å². The second kappa shape index (κ2) is 13.7. The summed E-state index contributed by atoms with van der Waals surface area (Å²) < 4.78 is 10.8. The van der Waals surface area contributed by atoms with Crippen molar-refractivity contribution in [3.63, 3.8) is 0 Å². The molecule has 0 amide bonds. The first-order chi connectivity index (χ1) is 13.6. The molecule has 1 unspecified atom stereocenters. The number of nitrogens with zero attached hydrogens (tertiary/aromatic N) is 3. The standard InChI is InChI=1S/C21H37N5O2.HI/c1-6-10-25(7-2)12-9-23-21(22-3)24-17-8-11-26(16-17)18-13-19(27-4)15-20(14-18)28-5;/h13-15,17H,6-12,16H2,1-5H3,(H2,22,23,24);1H. The highest BCUT2D eigenvalue weighted by Gasteiger charge is 2.24. The van der Waals surface area contributed by atoms with Crippen molar-refractivity contribution in [2.75, 3.05) is 65.4 Å². The number of nitrogens with one attached hydrogen (secondary N) is 2. The monoisotopic (exact) mass is 519 g/mol. The van der Waals surface area contributed by atoms with Gasteiger partial charge in [-0.1, -0.05) is 13.8 Å². The lowest BCUT2D eigenvalue weighted by molar-refractivity contribution is 0.293. The first kappa shape index (κ1) is 25.6. The van der Waals surface area contributed by atoms with E-state index in [1.165, 1.54) is 6.42 Å². The lowest BCUT2D eigenvalue weighted by atomic mass is 10.2. The van der Waals surface area contributed by atoms with E-state index >= 15 is 0 Å². The van der Waals surface area contributed by atoms with Gasteiger partial charge in [0.2, 0.25) is 0 Å². The number of halogens is 1. The number of hydrogen-bond acceptors (Lipinski definition) is 5. The Bertz CT molecular complexity index is 607. The summed E-state index contributed by atoms with van der Waals surface area (Å²) in [5.74, 6) is 2.51. The largest absolute Gasteiger partial charge is 0.497 e.